The number of ether oxygens (including phenoxy) is 1. The Kier molecular flexibility index (Phi) is 4.83. The Hall–Kier alpha value is -0.630. The molecule has 0 amide bonds. The number of aromatic amines is 1. The molecule has 0 spiro atoms. The zero-order valence-electron chi connectivity index (χ0n) is 9.84. The average molecular weight is 408 g/mol. The molecule has 3 nitrogen and oxygen atoms in total. The van der Waals surface area contributed by atoms with Crippen molar-refractivity contribution in [1.29, 1.82) is 0 Å². The minimum Gasteiger partial charge on any atom is -0.378 e. The minimum absolute atomic E-state index is 0.316. The van der Waals surface area contributed by atoms with Crippen molar-refractivity contribution in [1.82, 2.24) is 9.97 Å². The molecule has 2 rings (SSSR count). The maximum absolute atomic E-state index is 13.1. The monoisotopic (exact) mass is 406 g/mol. The molecule has 0 saturated heterocycles. The van der Waals surface area contributed by atoms with E-state index in [-0.39, 0.29) is 5.82 Å². The third kappa shape index (κ3) is 3.28. The van der Waals surface area contributed by atoms with Crippen molar-refractivity contribution in [3.8, 4) is 11.4 Å². The number of H-pyrrole nitrogens is 1. The smallest absolute Gasteiger partial charge is 0.144 e. The number of methoxy groups -OCH3 is 1. The van der Waals surface area contributed by atoms with E-state index in [9.17, 15) is 4.39 Å². The number of aromatic nitrogens is 2. The molecule has 0 aliphatic carbocycles. The first kappa shape index (κ1) is 14.8. The van der Waals surface area contributed by atoms with Gasteiger partial charge in [-0.1, -0.05) is 12.2 Å². The van der Waals surface area contributed by atoms with Gasteiger partial charge in [0.1, 0.15) is 16.3 Å². The number of hydrogen-bond donors (Lipinski definition) is 1. The molecular formula is C12H9Br2FN2OS. The van der Waals surface area contributed by atoms with E-state index < -0.39 is 0 Å². The van der Waals surface area contributed by atoms with E-state index in [0.29, 0.717) is 26.0 Å². The summed E-state index contributed by atoms with van der Waals surface area (Å²) in [5.41, 5.74) is 1.52. The average Bonchev–Trinajstić information content (AvgIpc) is 2.35. The molecule has 0 unspecified atom stereocenters. The second-order valence-electron chi connectivity index (χ2n) is 3.74. The second-order valence-corrected chi connectivity index (χ2v) is 5.77. The van der Waals surface area contributed by atoms with E-state index in [4.69, 9.17) is 17.0 Å². The van der Waals surface area contributed by atoms with Crippen LogP contribution in [-0.2, 0) is 11.3 Å². The van der Waals surface area contributed by atoms with Gasteiger partial charge in [0, 0.05) is 17.1 Å². The van der Waals surface area contributed by atoms with Gasteiger partial charge in [-0.2, -0.15) is 0 Å². The highest BCUT2D eigenvalue weighted by Crippen LogP contribution is 2.28. The predicted octanol–water partition coefficient (Wildman–Crippen LogP) is 4.62. The molecule has 0 aliphatic heterocycles. The number of nitrogens with one attached hydrogen (secondary N) is 1. The standard InChI is InChI=1S/C12H9Br2FN2OS/c1-18-5-9-10(14)12(19)17-11(16-9)7-3-2-6(15)4-8(7)13/h2-4H,5H2,1H3,(H,16,17,19). The van der Waals surface area contributed by atoms with E-state index >= 15 is 0 Å². The molecule has 0 fully saturated rings. The molecule has 2 aromatic rings. The molecule has 1 N–H and O–H groups in total. The van der Waals surface area contributed by atoms with Crippen LogP contribution in [-0.4, -0.2) is 17.1 Å². The molecule has 1 aromatic heterocycles. The topological polar surface area (TPSA) is 37.9 Å². The van der Waals surface area contributed by atoms with Gasteiger partial charge in [-0.25, -0.2) is 9.37 Å². The number of rotatable bonds is 3. The van der Waals surface area contributed by atoms with Crippen LogP contribution in [0.3, 0.4) is 0 Å². The van der Waals surface area contributed by atoms with Crippen molar-refractivity contribution >= 4 is 44.1 Å². The molecule has 0 radical (unpaired) electrons. The zero-order valence-corrected chi connectivity index (χ0v) is 13.8. The van der Waals surface area contributed by atoms with Crippen LogP contribution in [0, 0.1) is 10.5 Å². The van der Waals surface area contributed by atoms with Crippen LogP contribution in [0.15, 0.2) is 27.1 Å². The number of nitrogens with zero attached hydrogens (tertiary/aromatic N) is 1. The van der Waals surface area contributed by atoms with Crippen LogP contribution in [0.4, 0.5) is 4.39 Å². The molecule has 0 bridgehead atoms. The van der Waals surface area contributed by atoms with Crippen LogP contribution in [0.5, 0.6) is 0 Å². The zero-order chi connectivity index (χ0) is 14.0. The van der Waals surface area contributed by atoms with Crippen molar-refractivity contribution in [3.05, 3.63) is 43.3 Å². The van der Waals surface area contributed by atoms with E-state index in [1.165, 1.54) is 12.1 Å². The Morgan fingerprint density at radius 3 is 2.79 bits per heavy atom. The van der Waals surface area contributed by atoms with Gasteiger partial charge in [0.15, 0.2) is 0 Å². The van der Waals surface area contributed by atoms with Crippen molar-refractivity contribution in [2.45, 2.75) is 6.61 Å². The van der Waals surface area contributed by atoms with Crippen molar-refractivity contribution < 1.29 is 9.13 Å². The Balaban J connectivity index is 2.59. The van der Waals surface area contributed by atoms with Crippen LogP contribution < -0.4 is 0 Å². The molecular weight excluding hydrogens is 399 g/mol. The van der Waals surface area contributed by atoms with Crippen molar-refractivity contribution in [2.75, 3.05) is 7.11 Å². The summed E-state index contributed by atoms with van der Waals surface area (Å²) in [6, 6.07) is 4.39. The Bertz CT molecular complexity index is 675. The first-order valence-corrected chi connectivity index (χ1v) is 7.25. The van der Waals surface area contributed by atoms with Gasteiger partial charge < -0.3 is 9.72 Å². The third-order valence-corrected chi connectivity index (χ3v) is 4.48. The van der Waals surface area contributed by atoms with Gasteiger partial charge in [0.2, 0.25) is 0 Å². The summed E-state index contributed by atoms with van der Waals surface area (Å²) in [5, 5.41) is 0. The lowest BCUT2D eigenvalue weighted by Crippen LogP contribution is -2.00. The second kappa shape index (κ2) is 6.21. The lowest BCUT2D eigenvalue weighted by molar-refractivity contribution is 0.181. The molecule has 0 aliphatic rings. The Morgan fingerprint density at radius 1 is 1.42 bits per heavy atom. The van der Waals surface area contributed by atoms with Gasteiger partial charge in [-0.05, 0) is 50.1 Å². The Morgan fingerprint density at radius 2 is 2.16 bits per heavy atom. The molecule has 100 valence electrons. The van der Waals surface area contributed by atoms with Crippen LogP contribution in [0.1, 0.15) is 5.69 Å². The van der Waals surface area contributed by atoms with E-state index in [1.807, 2.05) is 0 Å². The number of hydrogen-bond acceptors (Lipinski definition) is 3. The number of benzene rings is 1. The predicted molar refractivity (Wildman–Crippen MR) is 80.9 cm³/mol. The van der Waals surface area contributed by atoms with E-state index in [2.05, 4.69) is 41.8 Å². The summed E-state index contributed by atoms with van der Waals surface area (Å²) in [6.07, 6.45) is 0. The van der Waals surface area contributed by atoms with Crippen LogP contribution in [0.2, 0.25) is 0 Å². The van der Waals surface area contributed by atoms with Gasteiger partial charge >= 0.3 is 0 Å². The van der Waals surface area contributed by atoms with Gasteiger partial charge in [0.25, 0.3) is 0 Å². The molecule has 7 heteroatoms. The highest BCUT2D eigenvalue weighted by atomic mass is 79.9. The first-order valence-electron chi connectivity index (χ1n) is 5.26. The fourth-order valence-electron chi connectivity index (χ4n) is 1.56. The SMILES string of the molecule is COCc1[nH]c(-c2ccc(F)cc2Br)nc(=S)c1Br. The summed E-state index contributed by atoms with van der Waals surface area (Å²) in [7, 11) is 1.59. The quantitative estimate of drug-likeness (QED) is 0.754. The highest BCUT2D eigenvalue weighted by molar-refractivity contribution is 9.11. The van der Waals surface area contributed by atoms with Crippen molar-refractivity contribution in [2.24, 2.45) is 0 Å². The molecule has 1 heterocycles. The highest BCUT2D eigenvalue weighted by Gasteiger charge is 2.11. The maximum Gasteiger partial charge on any atom is 0.144 e. The lowest BCUT2D eigenvalue weighted by Gasteiger charge is -2.09. The molecule has 0 saturated carbocycles. The van der Waals surface area contributed by atoms with Gasteiger partial charge in [0.05, 0.1) is 16.8 Å². The van der Waals surface area contributed by atoms with Crippen LogP contribution >= 0.6 is 44.1 Å². The fourth-order valence-corrected chi connectivity index (χ4v) is 2.61. The van der Waals surface area contributed by atoms with E-state index in [1.54, 1.807) is 13.2 Å². The Labute approximate surface area is 131 Å². The third-order valence-electron chi connectivity index (χ3n) is 2.41. The summed E-state index contributed by atoms with van der Waals surface area (Å²) < 4.78 is 19.9. The van der Waals surface area contributed by atoms with Crippen molar-refractivity contribution in [3.63, 3.8) is 0 Å². The largest absolute Gasteiger partial charge is 0.378 e. The normalized spacial score (nSPS) is 10.7. The minimum atomic E-state index is -0.316. The maximum atomic E-state index is 13.1. The first-order chi connectivity index (χ1) is 9.02. The molecule has 1 aromatic carbocycles. The number of halogens is 3. The van der Waals surface area contributed by atoms with E-state index in [0.717, 1.165) is 11.3 Å². The summed E-state index contributed by atoms with van der Waals surface area (Å²) in [4.78, 5) is 7.41. The van der Waals surface area contributed by atoms with Crippen LogP contribution in [0.25, 0.3) is 11.4 Å². The summed E-state index contributed by atoms with van der Waals surface area (Å²) >= 11 is 11.9. The van der Waals surface area contributed by atoms with Gasteiger partial charge in [-0.3, -0.25) is 0 Å². The lowest BCUT2D eigenvalue weighted by atomic mass is 10.2. The van der Waals surface area contributed by atoms with Gasteiger partial charge in [-0.15, -0.1) is 0 Å². The molecule has 19 heavy (non-hydrogen) atoms. The molecule has 0 atom stereocenters. The summed E-state index contributed by atoms with van der Waals surface area (Å²) in [6.45, 7) is 0.374. The summed E-state index contributed by atoms with van der Waals surface area (Å²) in [5.74, 6) is 0.246. The fraction of sp³-hybridized carbons (Fsp3) is 0.167.